The van der Waals surface area contributed by atoms with Crippen LogP contribution in [0.2, 0.25) is 0 Å². The Hall–Kier alpha value is -1.39. The molecule has 0 aliphatic carbocycles. The summed E-state index contributed by atoms with van der Waals surface area (Å²) in [5, 5.41) is 3.47. The molecular weight excluding hydrogens is 252 g/mol. The highest BCUT2D eigenvalue weighted by Gasteiger charge is 2.35. The summed E-state index contributed by atoms with van der Waals surface area (Å²) in [7, 11) is 1.44. The van der Waals surface area contributed by atoms with Gasteiger partial charge in [0.1, 0.15) is 0 Å². The van der Waals surface area contributed by atoms with Gasteiger partial charge in [0.15, 0.2) is 0 Å². The zero-order valence-corrected chi connectivity index (χ0v) is 12.0. The Kier molecular flexibility index (Phi) is 4.03. The highest BCUT2D eigenvalue weighted by atomic mass is 16.5. The number of carbonyl (C=O) groups is 1. The second kappa shape index (κ2) is 5.94. The van der Waals surface area contributed by atoms with Gasteiger partial charge in [-0.15, -0.1) is 0 Å². The van der Waals surface area contributed by atoms with Crippen LogP contribution >= 0.6 is 0 Å². The molecule has 0 radical (unpaired) electrons. The van der Waals surface area contributed by atoms with Crippen molar-refractivity contribution in [1.29, 1.82) is 0 Å². The van der Waals surface area contributed by atoms with Gasteiger partial charge in [0.05, 0.1) is 13.5 Å². The lowest BCUT2D eigenvalue weighted by atomic mass is 10.0. The number of likely N-dealkylation sites (tertiary alicyclic amines) is 1. The monoisotopic (exact) mass is 274 g/mol. The van der Waals surface area contributed by atoms with Crippen LogP contribution < -0.4 is 5.32 Å². The minimum atomic E-state index is -0.167. The molecule has 4 heteroatoms. The summed E-state index contributed by atoms with van der Waals surface area (Å²) in [6.07, 6.45) is 0.370. The van der Waals surface area contributed by atoms with Crippen LogP contribution in [0, 0.1) is 11.8 Å². The molecule has 0 spiro atoms. The van der Waals surface area contributed by atoms with Gasteiger partial charge in [-0.2, -0.15) is 0 Å². The molecule has 2 fully saturated rings. The standard InChI is InChI=1S/C16H22N2O2/c1-20-16(19)6-12-4-2-3-5-13(12)9-18-10-14-7-17-8-15(14)11-18/h2-5,14-15,17H,6-11H2,1H3/t14-,15+. The number of esters is 1. The van der Waals surface area contributed by atoms with Crippen molar-refractivity contribution < 1.29 is 9.53 Å². The van der Waals surface area contributed by atoms with Gasteiger partial charge in [-0.3, -0.25) is 9.69 Å². The van der Waals surface area contributed by atoms with Crippen LogP contribution in [0.15, 0.2) is 24.3 Å². The van der Waals surface area contributed by atoms with Crippen molar-refractivity contribution in [3.05, 3.63) is 35.4 Å². The van der Waals surface area contributed by atoms with Gasteiger partial charge in [-0.05, 0) is 36.1 Å². The number of carbonyl (C=O) groups excluding carboxylic acids is 1. The first-order chi connectivity index (χ1) is 9.76. The van der Waals surface area contributed by atoms with E-state index < -0.39 is 0 Å². The summed E-state index contributed by atoms with van der Waals surface area (Å²) in [6, 6.07) is 8.20. The third-order valence-corrected chi connectivity index (χ3v) is 4.54. The van der Waals surface area contributed by atoms with Crippen molar-refractivity contribution in [1.82, 2.24) is 10.2 Å². The summed E-state index contributed by atoms with van der Waals surface area (Å²) in [5.41, 5.74) is 2.35. The SMILES string of the molecule is COC(=O)Cc1ccccc1CN1C[C@H]2CNC[C@H]2C1. The van der Waals surface area contributed by atoms with Crippen LogP contribution in [0.4, 0.5) is 0 Å². The first kappa shape index (κ1) is 13.6. The Labute approximate surface area is 120 Å². The summed E-state index contributed by atoms with van der Waals surface area (Å²) in [4.78, 5) is 14.0. The van der Waals surface area contributed by atoms with Crippen LogP contribution in [-0.2, 0) is 22.5 Å². The van der Waals surface area contributed by atoms with Gasteiger partial charge in [0, 0.05) is 19.6 Å². The highest BCUT2D eigenvalue weighted by Crippen LogP contribution is 2.28. The average molecular weight is 274 g/mol. The molecule has 0 unspecified atom stereocenters. The van der Waals surface area contributed by atoms with E-state index in [1.54, 1.807) is 0 Å². The Morgan fingerprint density at radius 1 is 1.25 bits per heavy atom. The number of nitrogens with one attached hydrogen (secondary N) is 1. The van der Waals surface area contributed by atoms with Crippen molar-refractivity contribution in [2.75, 3.05) is 33.3 Å². The first-order valence-electron chi connectivity index (χ1n) is 7.33. The molecule has 1 aromatic carbocycles. The molecule has 2 heterocycles. The summed E-state index contributed by atoms with van der Waals surface area (Å²) < 4.78 is 4.78. The maximum absolute atomic E-state index is 11.5. The molecule has 108 valence electrons. The number of hydrogen-bond donors (Lipinski definition) is 1. The fourth-order valence-corrected chi connectivity index (χ4v) is 3.43. The zero-order valence-electron chi connectivity index (χ0n) is 12.0. The van der Waals surface area contributed by atoms with E-state index in [9.17, 15) is 4.79 Å². The van der Waals surface area contributed by atoms with Crippen molar-refractivity contribution in [2.24, 2.45) is 11.8 Å². The molecule has 2 saturated heterocycles. The van der Waals surface area contributed by atoms with Crippen molar-refractivity contribution in [3.63, 3.8) is 0 Å². The number of benzene rings is 1. The quantitative estimate of drug-likeness (QED) is 0.834. The van der Waals surface area contributed by atoms with Gasteiger partial charge >= 0.3 is 5.97 Å². The molecule has 0 bridgehead atoms. The lowest BCUT2D eigenvalue weighted by Gasteiger charge is -2.19. The van der Waals surface area contributed by atoms with E-state index in [-0.39, 0.29) is 5.97 Å². The molecule has 2 aliphatic rings. The van der Waals surface area contributed by atoms with Crippen LogP contribution in [0.3, 0.4) is 0 Å². The van der Waals surface area contributed by atoms with Gasteiger partial charge in [-0.1, -0.05) is 24.3 Å². The van der Waals surface area contributed by atoms with E-state index in [0.29, 0.717) is 6.42 Å². The summed E-state index contributed by atoms with van der Waals surface area (Å²) in [6.45, 7) is 5.60. The fraction of sp³-hybridized carbons (Fsp3) is 0.562. The smallest absolute Gasteiger partial charge is 0.309 e. The van der Waals surface area contributed by atoms with Crippen LogP contribution in [0.1, 0.15) is 11.1 Å². The molecule has 2 atom stereocenters. The molecule has 2 aliphatic heterocycles. The second-order valence-corrected chi connectivity index (χ2v) is 5.89. The predicted octanol–water partition coefficient (Wildman–Crippen LogP) is 1.05. The molecule has 1 N–H and O–H groups in total. The predicted molar refractivity (Wildman–Crippen MR) is 77.3 cm³/mol. The number of methoxy groups -OCH3 is 1. The molecule has 0 aromatic heterocycles. The van der Waals surface area contributed by atoms with Crippen molar-refractivity contribution in [3.8, 4) is 0 Å². The topological polar surface area (TPSA) is 41.6 Å². The third-order valence-electron chi connectivity index (χ3n) is 4.54. The van der Waals surface area contributed by atoms with Crippen molar-refractivity contribution >= 4 is 5.97 Å². The molecule has 0 saturated carbocycles. The fourth-order valence-electron chi connectivity index (χ4n) is 3.43. The number of fused-ring (bicyclic) bond motifs is 1. The Bertz CT molecular complexity index is 477. The Balaban J connectivity index is 1.66. The summed E-state index contributed by atoms with van der Waals surface area (Å²) >= 11 is 0. The van der Waals surface area contributed by atoms with Gasteiger partial charge in [0.25, 0.3) is 0 Å². The van der Waals surface area contributed by atoms with Crippen LogP contribution in [0.5, 0.6) is 0 Å². The Morgan fingerprint density at radius 3 is 2.55 bits per heavy atom. The van der Waals surface area contributed by atoms with Crippen LogP contribution in [-0.4, -0.2) is 44.2 Å². The average Bonchev–Trinajstić information content (AvgIpc) is 3.01. The zero-order chi connectivity index (χ0) is 13.9. The Morgan fingerprint density at radius 2 is 1.90 bits per heavy atom. The first-order valence-corrected chi connectivity index (χ1v) is 7.33. The van der Waals surface area contributed by atoms with Crippen LogP contribution in [0.25, 0.3) is 0 Å². The largest absolute Gasteiger partial charge is 0.469 e. The summed E-state index contributed by atoms with van der Waals surface area (Å²) in [5.74, 6) is 1.45. The number of rotatable bonds is 4. The van der Waals surface area contributed by atoms with E-state index in [1.807, 2.05) is 12.1 Å². The lowest BCUT2D eigenvalue weighted by molar-refractivity contribution is -0.139. The lowest BCUT2D eigenvalue weighted by Crippen LogP contribution is -2.26. The van der Waals surface area contributed by atoms with E-state index in [1.165, 1.54) is 25.8 Å². The van der Waals surface area contributed by atoms with Gasteiger partial charge < -0.3 is 10.1 Å². The highest BCUT2D eigenvalue weighted by molar-refractivity contribution is 5.72. The van der Waals surface area contributed by atoms with E-state index in [0.717, 1.165) is 37.0 Å². The van der Waals surface area contributed by atoms with E-state index >= 15 is 0 Å². The maximum atomic E-state index is 11.5. The molecule has 3 rings (SSSR count). The number of hydrogen-bond acceptors (Lipinski definition) is 4. The number of nitrogens with zero attached hydrogens (tertiary/aromatic N) is 1. The second-order valence-electron chi connectivity index (χ2n) is 5.89. The third kappa shape index (κ3) is 2.86. The molecular formula is C16H22N2O2. The molecule has 4 nitrogen and oxygen atoms in total. The van der Waals surface area contributed by atoms with E-state index in [2.05, 4.69) is 22.3 Å². The minimum Gasteiger partial charge on any atom is -0.469 e. The molecule has 20 heavy (non-hydrogen) atoms. The van der Waals surface area contributed by atoms with Gasteiger partial charge in [-0.25, -0.2) is 0 Å². The van der Waals surface area contributed by atoms with Crippen molar-refractivity contribution in [2.45, 2.75) is 13.0 Å². The molecule has 1 aromatic rings. The van der Waals surface area contributed by atoms with Gasteiger partial charge in [0.2, 0.25) is 0 Å². The normalized spacial score (nSPS) is 25.6. The number of ether oxygens (including phenoxy) is 1. The minimum absolute atomic E-state index is 0.167. The van der Waals surface area contributed by atoms with E-state index in [4.69, 9.17) is 4.74 Å². The molecule has 0 amide bonds. The maximum Gasteiger partial charge on any atom is 0.309 e.